The Morgan fingerprint density at radius 3 is 3.00 bits per heavy atom. The lowest BCUT2D eigenvalue weighted by molar-refractivity contribution is 0.0519. The zero-order valence-corrected chi connectivity index (χ0v) is 10.6. The number of esters is 1. The highest BCUT2D eigenvalue weighted by Gasteiger charge is 2.28. The normalized spacial score (nSPS) is 15.0. The zero-order valence-electron chi connectivity index (χ0n) is 9.89. The van der Waals surface area contributed by atoms with Gasteiger partial charge in [-0.1, -0.05) is 11.6 Å². The van der Waals surface area contributed by atoms with Crippen LogP contribution in [0, 0.1) is 0 Å². The molecule has 2 aromatic rings. The molecule has 1 aliphatic rings. The number of carbonyl (C=O) groups excluding carboxylic acids is 1. The predicted octanol–water partition coefficient (Wildman–Crippen LogP) is 2.44. The summed E-state index contributed by atoms with van der Waals surface area (Å²) in [5, 5.41) is 4.68. The van der Waals surface area contributed by atoms with Gasteiger partial charge in [-0.05, 0) is 25.8 Å². The Kier molecular flexibility index (Phi) is 2.70. The predicted molar refractivity (Wildman–Crippen MR) is 65.9 cm³/mol. The molecule has 0 atom stereocenters. The van der Waals surface area contributed by atoms with Crippen molar-refractivity contribution in [2.75, 3.05) is 6.61 Å². The number of nitrogens with zero attached hydrogens (tertiary/aromatic N) is 3. The minimum absolute atomic E-state index is 0.272. The Bertz CT molecular complexity index is 619. The van der Waals surface area contributed by atoms with Gasteiger partial charge in [0.25, 0.3) is 0 Å². The molecule has 0 unspecified atom stereocenters. The Hall–Kier alpha value is -1.62. The van der Waals surface area contributed by atoms with Crippen molar-refractivity contribution in [2.24, 2.45) is 0 Å². The van der Waals surface area contributed by atoms with Crippen LogP contribution in [0.15, 0.2) is 12.1 Å². The van der Waals surface area contributed by atoms with Crippen molar-refractivity contribution in [1.82, 2.24) is 14.6 Å². The fraction of sp³-hybridized carbons (Fsp3) is 0.417. The van der Waals surface area contributed by atoms with Gasteiger partial charge in [0.1, 0.15) is 5.15 Å². The van der Waals surface area contributed by atoms with Gasteiger partial charge >= 0.3 is 5.97 Å². The van der Waals surface area contributed by atoms with Crippen molar-refractivity contribution >= 4 is 23.2 Å². The van der Waals surface area contributed by atoms with Gasteiger partial charge in [-0.2, -0.15) is 5.10 Å². The molecule has 1 saturated carbocycles. The molecule has 18 heavy (non-hydrogen) atoms. The van der Waals surface area contributed by atoms with Gasteiger partial charge in [0.2, 0.25) is 0 Å². The van der Waals surface area contributed by atoms with Crippen LogP contribution < -0.4 is 0 Å². The van der Waals surface area contributed by atoms with Crippen molar-refractivity contribution in [2.45, 2.75) is 25.7 Å². The van der Waals surface area contributed by atoms with E-state index in [9.17, 15) is 4.79 Å². The lowest BCUT2D eigenvalue weighted by Crippen LogP contribution is -2.06. The van der Waals surface area contributed by atoms with Crippen molar-refractivity contribution in [1.29, 1.82) is 0 Å². The Balaban J connectivity index is 2.10. The topological polar surface area (TPSA) is 56.5 Å². The third kappa shape index (κ3) is 1.95. The lowest BCUT2D eigenvalue weighted by atomic mass is 10.3. The first-order valence-corrected chi connectivity index (χ1v) is 6.30. The molecule has 0 radical (unpaired) electrons. The molecular formula is C12H12ClN3O2. The second-order valence-corrected chi connectivity index (χ2v) is 4.69. The highest BCUT2D eigenvalue weighted by molar-refractivity contribution is 6.29. The van der Waals surface area contributed by atoms with Gasteiger partial charge in [-0.25, -0.2) is 14.3 Å². The summed E-state index contributed by atoms with van der Waals surface area (Å²) in [7, 11) is 0. The fourth-order valence-corrected chi connectivity index (χ4v) is 2.14. The molecule has 1 aliphatic carbocycles. The first-order chi connectivity index (χ1) is 8.69. The van der Waals surface area contributed by atoms with Crippen LogP contribution in [0.4, 0.5) is 0 Å². The standard InChI is InChI=1S/C12H12ClN3O2/c1-2-18-12(17)8-5-11-14-10(13)6-9(7-3-4-7)16(11)15-8/h5-7H,2-4H2,1H3. The van der Waals surface area contributed by atoms with Gasteiger partial charge in [0.15, 0.2) is 11.3 Å². The molecule has 0 amide bonds. The molecule has 0 spiro atoms. The highest BCUT2D eigenvalue weighted by atomic mass is 35.5. The average Bonchev–Trinajstić information content (AvgIpc) is 3.08. The van der Waals surface area contributed by atoms with E-state index in [1.165, 1.54) is 0 Å². The smallest absolute Gasteiger partial charge is 0.358 e. The summed E-state index contributed by atoms with van der Waals surface area (Å²) in [4.78, 5) is 15.8. The number of rotatable bonds is 3. The third-order valence-corrected chi connectivity index (χ3v) is 3.10. The number of halogens is 1. The van der Waals surface area contributed by atoms with Crippen molar-refractivity contribution in [3.8, 4) is 0 Å². The molecule has 2 heterocycles. The van der Waals surface area contributed by atoms with Crippen LogP contribution in [0.25, 0.3) is 5.65 Å². The molecule has 0 N–H and O–H groups in total. The Labute approximate surface area is 109 Å². The molecule has 3 rings (SSSR count). The number of aromatic nitrogens is 3. The SMILES string of the molecule is CCOC(=O)c1cc2nc(Cl)cc(C3CC3)n2n1. The van der Waals surface area contributed by atoms with Crippen molar-refractivity contribution in [3.63, 3.8) is 0 Å². The van der Waals surface area contributed by atoms with Crippen LogP contribution >= 0.6 is 11.6 Å². The van der Waals surface area contributed by atoms with E-state index in [4.69, 9.17) is 16.3 Å². The average molecular weight is 266 g/mol. The minimum atomic E-state index is -0.430. The van der Waals surface area contributed by atoms with E-state index in [0.717, 1.165) is 18.5 Å². The van der Waals surface area contributed by atoms with Gasteiger partial charge in [-0.3, -0.25) is 0 Å². The van der Waals surface area contributed by atoms with Crippen LogP contribution in [-0.2, 0) is 4.74 Å². The summed E-state index contributed by atoms with van der Waals surface area (Å²) in [6.45, 7) is 2.09. The van der Waals surface area contributed by atoms with Crippen LogP contribution in [0.1, 0.15) is 41.9 Å². The molecule has 94 valence electrons. The van der Waals surface area contributed by atoms with Crippen molar-refractivity contribution < 1.29 is 9.53 Å². The summed E-state index contributed by atoms with van der Waals surface area (Å²) < 4.78 is 6.62. The fourth-order valence-electron chi connectivity index (χ4n) is 1.94. The van der Waals surface area contributed by atoms with E-state index in [1.807, 2.05) is 6.07 Å². The van der Waals surface area contributed by atoms with E-state index in [-0.39, 0.29) is 5.69 Å². The van der Waals surface area contributed by atoms with Crippen LogP contribution in [0.2, 0.25) is 5.15 Å². The molecule has 5 nitrogen and oxygen atoms in total. The molecule has 1 fully saturated rings. The summed E-state index contributed by atoms with van der Waals surface area (Å²) in [5.41, 5.74) is 1.88. The van der Waals surface area contributed by atoms with Crippen LogP contribution in [0.5, 0.6) is 0 Å². The number of carbonyl (C=O) groups is 1. The number of hydrogen-bond acceptors (Lipinski definition) is 4. The van der Waals surface area contributed by atoms with Crippen LogP contribution in [0.3, 0.4) is 0 Å². The molecule has 0 aliphatic heterocycles. The van der Waals surface area contributed by atoms with E-state index >= 15 is 0 Å². The minimum Gasteiger partial charge on any atom is -0.461 e. The molecule has 0 aromatic carbocycles. The summed E-state index contributed by atoms with van der Waals surface area (Å²) in [6.07, 6.45) is 2.26. The van der Waals surface area contributed by atoms with Gasteiger partial charge in [-0.15, -0.1) is 0 Å². The first kappa shape index (κ1) is 11.5. The number of hydrogen-bond donors (Lipinski definition) is 0. The molecule has 2 aromatic heterocycles. The third-order valence-electron chi connectivity index (χ3n) is 2.90. The maximum atomic E-state index is 11.6. The van der Waals surface area contributed by atoms with Gasteiger partial charge in [0, 0.05) is 12.0 Å². The number of ether oxygens (including phenoxy) is 1. The van der Waals surface area contributed by atoms with Crippen molar-refractivity contribution in [3.05, 3.63) is 28.7 Å². The number of fused-ring (bicyclic) bond motifs is 1. The van der Waals surface area contributed by atoms with Gasteiger partial charge in [0.05, 0.1) is 12.3 Å². The quantitative estimate of drug-likeness (QED) is 0.632. The largest absolute Gasteiger partial charge is 0.461 e. The first-order valence-electron chi connectivity index (χ1n) is 5.92. The molecule has 0 bridgehead atoms. The zero-order chi connectivity index (χ0) is 12.7. The van der Waals surface area contributed by atoms with E-state index in [0.29, 0.717) is 23.3 Å². The molecule has 6 heteroatoms. The molecule has 0 saturated heterocycles. The van der Waals surface area contributed by atoms with E-state index in [1.54, 1.807) is 17.5 Å². The van der Waals surface area contributed by atoms with Gasteiger partial charge < -0.3 is 4.74 Å². The second kappa shape index (κ2) is 4.24. The monoisotopic (exact) mass is 265 g/mol. The summed E-state index contributed by atoms with van der Waals surface area (Å²) in [5.74, 6) is 0.0452. The van der Waals surface area contributed by atoms with E-state index in [2.05, 4.69) is 10.1 Å². The summed E-state index contributed by atoms with van der Waals surface area (Å²) in [6, 6.07) is 3.42. The van der Waals surface area contributed by atoms with E-state index < -0.39 is 5.97 Å². The second-order valence-electron chi connectivity index (χ2n) is 4.30. The summed E-state index contributed by atoms with van der Waals surface area (Å²) >= 11 is 5.98. The maximum Gasteiger partial charge on any atom is 0.358 e. The van der Waals surface area contributed by atoms with Crippen LogP contribution in [-0.4, -0.2) is 27.2 Å². The highest BCUT2D eigenvalue weighted by Crippen LogP contribution is 2.40. The maximum absolute atomic E-state index is 11.6. The Morgan fingerprint density at radius 2 is 2.33 bits per heavy atom. The lowest BCUT2D eigenvalue weighted by Gasteiger charge is -2.02. The Morgan fingerprint density at radius 1 is 1.56 bits per heavy atom. The molecular weight excluding hydrogens is 254 g/mol.